The molecular formula is C15H31NOS. The van der Waals surface area contributed by atoms with Gasteiger partial charge in [-0.1, -0.05) is 27.7 Å². The third kappa shape index (κ3) is 5.50. The van der Waals surface area contributed by atoms with Crippen LogP contribution in [0.1, 0.15) is 59.8 Å². The lowest BCUT2D eigenvalue weighted by atomic mass is 9.75. The Morgan fingerprint density at radius 3 is 2.78 bits per heavy atom. The third-order valence-corrected chi connectivity index (χ3v) is 5.48. The zero-order chi connectivity index (χ0) is 13.6. The van der Waals surface area contributed by atoms with Gasteiger partial charge in [0.25, 0.3) is 0 Å². The molecule has 0 aliphatic heterocycles. The summed E-state index contributed by atoms with van der Waals surface area (Å²) in [5, 5.41) is 14.0. The number of aliphatic hydroxyl groups excluding tert-OH is 1. The van der Waals surface area contributed by atoms with Crippen LogP contribution in [0.5, 0.6) is 0 Å². The third-order valence-electron chi connectivity index (χ3n) is 3.93. The number of thioether (sulfide) groups is 1. The predicted molar refractivity (Wildman–Crippen MR) is 82.3 cm³/mol. The first kappa shape index (κ1) is 16.3. The molecule has 0 radical (unpaired) electrons. The highest BCUT2D eigenvalue weighted by Crippen LogP contribution is 2.41. The predicted octanol–water partition coefficient (Wildman–Crippen LogP) is 3.44. The maximum absolute atomic E-state index is 9.05. The minimum atomic E-state index is 0.317. The highest BCUT2D eigenvalue weighted by Gasteiger charge is 2.35. The Morgan fingerprint density at radius 1 is 1.44 bits per heavy atom. The summed E-state index contributed by atoms with van der Waals surface area (Å²) in [5.41, 5.74) is 0.487. The smallest absolute Gasteiger partial charge is 0.0441 e. The minimum Gasteiger partial charge on any atom is -0.396 e. The van der Waals surface area contributed by atoms with Crippen LogP contribution in [0.3, 0.4) is 0 Å². The van der Waals surface area contributed by atoms with Gasteiger partial charge in [-0.05, 0) is 44.1 Å². The topological polar surface area (TPSA) is 32.3 Å². The molecule has 3 heteroatoms. The maximum atomic E-state index is 9.05. The molecule has 108 valence electrons. The summed E-state index contributed by atoms with van der Waals surface area (Å²) in [6, 6.07) is 0.670. The van der Waals surface area contributed by atoms with E-state index in [2.05, 4.69) is 44.8 Å². The second kappa shape index (κ2) is 7.76. The van der Waals surface area contributed by atoms with Gasteiger partial charge in [0.1, 0.15) is 0 Å². The van der Waals surface area contributed by atoms with Crippen molar-refractivity contribution in [2.45, 2.75) is 76.3 Å². The Morgan fingerprint density at radius 2 is 2.17 bits per heavy atom. The largest absolute Gasteiger partial charge is 0.396 e. The van der Waals surface area contributed by atoms with Gasteiger partial charge in [-0.25, -0.2) is 0 Å². The molecular weight excluding hydrogens is 242 g/mol. The van der Waals surface area contributed by atoms with Crippen LogP contribution in [-0.2, 0) is 0 Å². The van der Waals surface area contributed by atoms with Gasteiger partial charge in [0.2, 0.25) is 0 Å². The van der Waals surface area contributed by atoms with E-state index < -0.39 is 0 Å². The Kier molecular flexibility index (Phi) is 7.04. The van der Waals surface area contributed by atoms with Crippen molar-refractivity contribution in [2.75, 3.05) is 13.2 Å². The van der Waals surface area contributed by atoms with Gasteiger partial charge in [0.05, 0.1) is 0 Å². The summed E-state index contributed by atoms with van der Waals surface area (Å²) >= 11 is 2.08. The molecule has 3 atom stereocenters. The number of aliphatic hydroxyl groups is 1. The average molecular weight is 273 g/mol. The molecule has 1 rings (SSSR count). The number of rotatable bonds is 7. The lowest BCUT2D eigenvalue weighted by molar-refractivity contribution is 0.213. The van der Waals surface area contributed by atoms with Crippen LogP contribution in [0, 0.1) is 5.41 Å². The van der Waals surface area contributed by atoms with Crippen molar-refractivity contribution in [3.05, 3.63) is 0 Å². The van der Waals surface area contributed by atoms with Crippen LogP contribution >= 0.6 is 11.8 Å². The SMILES string of the molecule is CCCNC1CCC(C)(C)CC1SC(C)CCO. The van der Waals surface area contributed by atoms with Gasteiger partial charge < -0.3 is 10.4 Å². The molecule has 1 fully saturated rings. The lowest BCUT2D eigenvalue weighted by Crippen LogP contribution is -2.45. The summed E-state index contributed by atoms with van der Waals surface area (Å²) in [6.45, 7) is 10.7. The van der Waals surface area contributed by atoms with Crippen molar-refractivity contribution in [1.82, 2.24) is 5.32 Å². The monoisotopic (exact) mass is 273 g/mol. The molecule has 2 N–H and O–H groups in total. The second-order valence-corrected chi connectivity index (χ2v) is 8.15. The van der Waals surface area contributed by atoms with E-state index in [1.165, 1.54) is 25.7 Å². The Bertz CT molecular complexity index is 233. The second-order valence-electron chi connectivity index (χ2n) is 6.47. The van der Waals surface area contributed by atoms with E-state index in [-0.39, 0.29) is 0 Å². The molecule has 1 saturated carbocycles. The van der Waals surface area contributed by atoms with Crippen molar-refractivity contribution < 1.29 is 5.11 Å². The summed E-state index contributed by atoms with van der Waals surface area (Å²) < 4.78 is 0. The molecule has 0 bridgehead atoms. The van der Waals surface area contributed by atoms with E-state index in [9.17, 15) is 0 Å². The van der Waals surface area contributed by atoms with Crippen LogP contribution in [0.4, 0.5) is 0 Å². The molecule has 0 saturated heterocycles. The highest BCUT2D eigenvalue weighted by molar-refractivity contribution is 8.00. The van der Waals surface area contributed by atoms with Gasteiger partial charge in [0.15, 0.2) is 0 Å². The van der Waals surface area contributed by atoms with E-state index in [4.69, 9.17) is 5.11 Å². The summed E-state index contributed by atoms with van der Waals surface area (Å²) in [7, 11) is 0. The molecule has 3 unspecified atom stereocenters. The van der Waals surface area contributed by atoms with Crippen molar-refractivity contribution in [2.24, 2.45) is 5.41 Å². The minimum absolute atomic E-state index is 0.317. The molecule has 0 aromatic heterocycles. The molecule has 2 nitrogen and oxygen atoms in total. The molecule has 1 aliphatic rings. The van der Waals surface area contributed by atoms with Crippen molar-refractivity contribution in [3.8, 4) is 0 Å². The van der Waals surface area contributed by atoms with Crippen LogP contribution in [0.2, 0.25) is 0 Å². The van der Waals surface area contributed by atoms with Gasteiger partial charge in [-0.15, -0.1) is 0 Å². The van der Waals surface area contributed by atoms with E-state index in [0.717, 1.165) is 13.0 Å². The van der Waals surface area contributed by atoms with Gasteiger partial charge >= 0.3 is 0 Å². The summed E-state index contributed by atoms with van der Waals surface area (Å²) in [4.78, 5) is 0. The van der Waals surface area contributed by atoms with Gasteiger partial charge in [-0.2, -0.15) is 11.8 Å². The fraction of sp³-hybridized carbons (Fsp3) is 1.00. The Hall–Kier alpha value is 0.270. The zero-order valence-electron chi connectivity index (χ0n) is 12.5. The van der Waals surface area contributed by atoms with Crippen molar-refractivity contribution >= 4 is 11.8 Å². The van der Waals surface area contributed by atoms with E-state index in [0.29, 0.717) is 28.6 Å². The number of nitrogens with one attached hydrogen (secondary N) is 1. The summed E-state index contributed by atoms with van der Waals surface area (Å²) in [5.74, 6) is 0. The highest BCUT2D eigenvalue weighted by atomic mass is 32.2. The standard InChI is InChI=1S/C15H31NOS/c1-5-9-16-13-6-8-15(3,4)11-14(13)18-12(2)7-10-17/h12-14,16-17H,5-11H2,1-4H3. The fourth-order valence-electron chi connectivity index (χ4n) is 2.78. The maximum Gasteiger partial charge on any atom is 0.0441 e. The van der Waals surface area contributed by atoms with Crippen LogP contribution in [-0.4, -0.2) is 34.8 Å². The first-order valence-electron chi connectivity index (χ1n) is 7.48. The van der Waals surface area contributed by atoms with Gasteiger partial charge in [0, 0.05) is 23.1 Å². The molecule has 0 aromatic carbocycles. The molecule has 0 amide bonds. The normalized spacial score (nSPS) is 29.2. The van der Waals surface area contributed by atoms with Crippen LogP contribution < -0.4 is 5.32 Å². The molecule has 0 spiro atoms. The summed E-state index contributed by atoms with van der Waals surface area (Å²) in [6.07, 6.45) is 6.07. The fourth-order valence-corrected chi connectivity index (χ4v) is 4.58. The van der Waals surface area contributed by atoms with Crippen LogP contribution in [0.25, 0.3) is 0 Å². The first-order valence-corrected chi connectivity index (χ1v) is 8.42. The number of hydrogen-bond donors (Lipinski definition) is 2. The van der Waals surface area contributed by atoms with Crippen molar-refractivity contribution in [3.63, 3.8) is 0 Å². The molecule has 18 heavy (non-hydrogen) atoms. The Balaban J connectivity index is 2.53. The first-order chi connectivity index (χ1) is 8.48. The van der Waals surface area contributed by atoms with E-state index in [1.54, 1.807) is 0 Å². The van der Waals surface area contributed by atoms with Gasteiger partial charge in [-0.3, -0.25) is 0 Å². The number of hydrogen-bond acceptors (Lipinski definition) is 3. The van der Waals surface area contributed by atoms with E-state index >= 15 is 0 Å². The quantitative estimate of drug-likeness (QED) is 0.745. The average Bonchev–Trinajstić information content (AvgIpc) is 2.27. The molecule has 0 heterocycles. The van der Waals surface area contributed by atoms with Crippen molar-refractivity contribution in [1.29, 1.82) is 0 Å². The lowest BCUT2D eigenvalue weighted by Gasteiger charge is -2.41. The van der Waals surface area contributed by atoms with Crippen LogP contribution in [0.15, 0.2) is 0 Å². The Labute approximate surface area is 117 Å². The molecule has 0 aromatic rings. The van der Waals surface area contributed by atoms with E-state index in [1.807, 2.05) is 0 Å². The molecule has 1 aliphatic carbocycles. The zero-order valence-corrected chi connectivity index (χ0v) is 13.4.